The van der Waals surface area contributed by atoms with E-state index in [1.54, 1.807) is 12.1 Å². The molecule has 0 atom stereocenters. The molecule has 0 spiro atoms. The van der Waals surface area contributed by atoms with Gasteiger partial charge in [-0.1, -0.05) is 17.7 Å². The predicted molar refractivity (Wildman–Crippen MR) is 106 cm³/mol. The minimum Gasteiger partial charge on any atom is -0.495 e. The van der Waals surface area contributed by atoms with Crippen molar-refractivity contribution in [2.45, 2.75) is 6.61 Å². The molecule has 0 saturated carbocycles. The van der Waals surface area contributed by atoms with E-state index in [1.165, 1.54) is 44.6 Å². The topological polar surface area (TPSA) is 83.1 Å². The van der Waals surface area contributed by atoms with Gasteiger partial charge in [-0.2, -0.15) is 8.78 Å². The van der Waals surface area contributed by atoms with E-state index in [4.69, 9.17) is 25.8 Å². The molecule has 0 unspecified atom stereocenters. The summed E-state index contributed by atoms with van der Waals surface area (Å²) in [5.74, 6) is -1.05. The van der Waals surface area contributed by atoms with Crippen LogP contribution >= 0.6 is 11.6 Å². The largest absolute Gasteiger partial charge is 0.495 e. The van der Waals surface area contributed by atoms with Gasteiger partial charge in [-0.05, 0) is 42.0 Å². The summed E-state index contributed by atoms with van der Waals surface area (Å²) in [7, 11) is 2.73. The van der Waals surface area contributed by atoms with Crippen LogP contribution in [0.3, 0.4) is 0 Å². The average Bonchev–Trinajstić information content (AvgIpc) is 2.71. The minimum absolute atomic E-state index is 0.0701. The van der Waals surface area contributed by atoms with Crippen LogP contribution in [0.4, 0.5) is 14.5 Å². The summed E-state index contributed by atoms with van der Waals surface area (Å²) in [5, 5.41) is 2.92. The monoisotopic (exact) mass is 441 g/mol. The smallest absolute Gasteiger partial charge is 0.387 e. The molecule has 2 rings (SSSR count). The van der Waals surface area contributed by atoms with Gasteiger partial charge in [0.1, 0.15) is 5.75 Å². The summed E-state index contributed by atoms with van der Waals surface area (Å²) in [6.45, 7) is -3.53. The van der Waals surface area contributed by atoms with Gasteiger partial charge in [-0.3, -0.25) is 4.79 Å². The first kappa shape index (κ1) is 23.0. The molecule has 2 aromatic carbocycles. The van der Waals surface area contributed by atoms with E-state index >= 15 is 0 Å². The van der Waals surface area contributed by atoms with Gasteiger partial charge in [0, 0.05) is 11.1 Å². The fraction of sp³-hybridized carbons (Fsp3) is 0.200. The van der Waals surface area contributed by atoms with Crippen molar-refractivity contribution in [3.05, 3.63) is 53.1 Å². The molecule has 1 N–H and O–H groups in total. The number of ether oxygens (including phenoxy) is 4. The number of amides is 1. The highest BCUT2D eigenvalue weighted by molar-refractivity contribution is 6.31. The van der Waals surface area contributed by atoms with E-state index in [0.29, 0.717) is 22.0 Å². The van der Waals surface area contributed by atoms with Crippen molar-refractivity contribution >= 4 is 35.2 Å². The first-order valence-electron chi connectivity index (χ1n) is 8.43. The number of benzene rings is 2. The minimum atomic E-state index is -2.99. The van der Waals surface area contributed by atoms with Crippen LogP contribution in [0.15, 0.2) is 42.5 Å². The van der Waals surface area contributed by atoms with E-state index in [0.717, 1.165) is 6.08 Å². The van der Waals surface area contributed by atoms with Gasteiger partial charge in [0.2, 0.25) is 0 Å². The second-order valence-electron chi connectivity index (χ2n) is 5.62. The Morgan fingerprint density at radius 1 is 1.07 bits per heavy atom. The van der Waals surface area contributed by atoms with Crippen molar-refractivity contribution in [3.8, 4) is 17.2 Å². The van der Waals surface area contributed by atoms with Crippen LogP contribution in [0.2, 0.25) is 5.02 Å². The highest BCUT2D eigenvalue weighted by Gasteiger charge is 2.12. The first-order valence-corrected chi connectivity index (χ1v) is 8.81. The molecular formula is C20H18ClF2NO6. The summed E-state index contributed by atoms with van der Waals surface area (Å²) in [5.41, 5.74) is 0.804. The number of rotatable bonds is 9. The Balaban J connectivity index is 1.92. The summed E-state index contributed by atoms with van der Waals surface area (Å²) in [6.07, 6.45) is 2.45. The lowest BCUT2D eigenvalue weighted by Gasteiger charge is -2.10. The summed E-state index contributed by atoms with van der Waals surface area (Å²) >= 11 is 5.89. The van der Waals surface area contributed by atoms with Crippen molar-refractivity contribution < 1.29 is 37.3 Å². The third-order valence-electron chi connectivity index (χ3n) is 3.60. The zero-order chi connectivity index (χ0) is 22.1. The van der Waals surface area contributed by atoms with Gasteiger partial charge < -0.3 is 24.3 Å². The number of halogens is 3. The van der Waals surface area contributed by atoms with E-state index in [-0.39, 0.29) is 11.5 Å². The number of esters is 1. The number of alkyl halides is 2. The van der Waals surface area contributed by atoms with E-state index in [2.05, 4.69) is 10.1 Å². The lowest BCUT2D eigenvalue weighted by Crippen LogP contribution is -2.20. The van der Waals surface area contributed by atoms with Crippen LogP contribution in [0.25, 0.3) is 6.08 Å². The molecule has 10 heteroatoms. The van der Waals surface area contributed by atoms with Crippen molar-refractivity contribution in [1.29, 1.82) is 0 Å². The maximum Gasteiger partial charge on any atom is 0.387 e. The molecule has 0 heterocycles. The quantitative estimate of drug-likeness (QED) is 0.465. The second-order valence-corrected chi connectivity index (χ2v) is 6.06. The molecule has 0 aromatic heterocycles. The normalized spacial score (nSPS) is 10.7. The summed E-state index contributed by atoms with van der Waals surface area (Å²) in [4.78, 5) is 23.8. The molecule has 0 radical (unpaired) electrons. The molecule has 30 heavy (non-hydrogen) atoms. The molecule has 7 nitrogen and oxygen atoms in total. The molecule has 1 amide bonds. The number of methoxy groups -OCH3 is 2. The van der Waals surface area contributed by atoms with Crippen molar-refractivity contribution in [2.24, 2.45) is 0 Å². The van der Waals surface area contributed by atoms with Crippen molar-refractivity contribution in [2.75, 3.05) is 26.1 Å². The van der Waals surface area contributed by atoms with Crippen molar-refractivity contribution in [1.82, 2.24) is 0 Å². The van der Waals surface area contributed by atoms with Gasteiger partial charge >= 0.3 is 12.6 Å². The highest BCUT2D eigenvalue weighted by atomic mass is 35.5. The Kier molecular flexibility index (Phi) is 8.42. The standard InChI is InChI=1S/C20H18ClF2NO6/c1-27-15-7-5-13(21)10-14(15)24-18(25)11-29-19(26)8-4-12-3-6-16(30-20(22)23)17(9-12)28-2/h3-10,20H,11H2,1-2H3,(H,24,25)/b8-4+. The lowest BCUT2D eigenvalue weighted by atomic mass is 10.2. The summed E-state index contributed by atoms with van der Waals surface area (Å²) < 4.78 is 44.0. The molecule has 0 fully saturated rings. The number of hydrogen-bond acceptors (Lipinski definition) is 6. The summed E-state index contributed by atoms with van der Waals surface area (Å²) in [6, 6.07) is 8.80. The van der Waals surface area contributed by atoms with Crippen molar-refractivity contribution in [3.63, 3.8) is 0 Å². The number of carbonyl (C=O) groups excluding carboxylic acids is 2. The fourth-order valence-electron chi connectivity index (χ4n) is 2.29. The molecule has 0 aliphatic heterocycles. The lowest BCUT2D eigenvalue weighted by molar-refractivity contribution is -0.142. The van der Waals surface area contributed by atoms with Gasteiger partial charge in [0.25, 0.3) is 5.91 Å². The SMILES string of the molecule is COc1ccc(Cl)cc1NC(=O)COC(=O)/C=C/c1ccc(OC(F)F)c(OC)c1. The molecule has 0 aliphatic carbocycles. The number of carbonyl (C=O) groups is 2. The number of anilines is 1. The van der Waals surface area contributed by atoms with Gasteiger partial charge in [-0.25, -0.2) is 4.79 Å². The van der Waals surface area contributed by atoms with E-state index in [9.17, 15) is 18.4 Å². The maximum absolute atomic E-state index is 12.3. The Bertz CT molecular complexity index is 936. The van der Waals surface area contributed by atoms with Crippen LogP contribution in [-0.2, 0) is 14.3 Å². The van der Waals surface area contributed by atoms with Crippen LogP contribution < -0.4 is 19.5 Å². The molecule has 160 valence electrons. The van der Waals surface area contributed by atoms with Crippen LogP contribution in [0.5, 0.6) is 17.2 Å². The molecule has 0 aliphatic rings. The maximum atomic E-state index is 12.3. The average molecular weight is 442 g/mol. The highest BCUT2D eigenvalue weighted by Crippen LogP contribution is 2.30. The Labute approximate surface area is 176 Å². The third kappa shape index (κ3) is 6.93. The second kappa shape index (κ2) is 11.0. The molecule has 0 saturated heterocycles. The van der Waals surface area contributed by atoms with Gasteiger partial charge in [-0.15, -0.1) is 0 Å². The number of nitrogens with one attached hydrogen (secondary N) is 1. The van der Waals surface area contributed by atoms with E-state index < -0.39 is 25.1 Å². The Morgan fingerprint density at radius 3 is 2.43 bits per heavy atom. The fourth-order valence-corrected chi connectivity index (χ4v) is 2.47. The molecule has 0 bridgehead atoms. The molecular weight excluding hydrogens is 424 g/mol. The van der Waals surface area contributed by atoms with Gasteiger partial charge in [0.15, 0.2) is 18.1 Å². The first-order chi connectivity index (χ1) is 14.3. The predicted octanol–water partition coefficient (Wildman–Crippen LogP) is 4.15. The Morgan fingerprint density at radius 2 is 1.77 bits per heavy atom. The van der Waals surface area contributed by atoms with Crippen LogP contribution in [-0.4, -0.2) is 39.3 Å². The third-order valence-corrected chi connectivity index (χ3v) is 3.83. The zero-order valence-electron chi connectivity index (χ0n) is 16.0. The van der Waals surface area contributed by atoms with Crippen LogP contribution in [0, 0.1) is 0 Å². The van der Waals surface area contributed by atoms with E-state index in [1.807, 2.05) is 0 Å². The number of hydrogen-bond donors (Lipinski definition) is 1. The molecule has 2 aromatic rings. The zero-order valence-corrected chi connectivity index (χ0v) is 16.7. The van der Waals surface area contributed by atoms with Crippen LogP contribution in [0.1, 0.15) is 5.56 Å². The Hall–Kier alpha value is -3.33. The van der Waals surface area contributed by atoms with Gasteiger partial charge in [0.05, 0.1) is 19.9 Å².